The van der Waals surface area contributed by atoms with E-state index in [9.17, 15) is 9.59 Å². The number of rotatable bonds is 4. The average Bonchev–Trinajstić information content (AvgIpc) is 2.77. The van der Waals surface area contributed by atoms with Crippen molar-refractivity contribution in [2.24, 2.45) is 0 Å². The van der Waals surface area contributed by atoms with E-state index < -0.39 is 5.91 Å². The lowest BCUT2D eigenvalue weighted by molar-refractivity contribution is -0.115. The number of H-pyrrole nitrogens is 1. The zero-order valence-corrected chi connectivity index (χ0v) is 12.4. The van der Waals surface area contributed by atoms with E-state index in [1.807, 2.05) is 0 Å². The minimum atomic E-state index is -0.392. The number of anilines is 1. The number of nitrogens with one attached hydrogen (secondary N) is 3. The molecule has 0 spiro atoms. The Morgan fingerprint density at radius 2 is 2.00 bits per heavy atom. The first-order valence-corrected chi connectivity index (χ1v) is 6.71. The van der Waals surface area contributed by atoms with E-state index in [4.69, 9.17) is 11.6 Å². The van der Waals surface area contributed by atoms with Gasteiger partial charge in [0.05, 0.1) is 34.2 Å². The summed E-state index contributed by atoms with van der Waals surface area (Å²) in [6.45, 7) is 3.44. The molecule has 2 aromatic rings. The maximum absolute atomic E-state index is 11.9. The summed E-state index contributed by atoms with van der Waals surface area (Å²) in [7, 11) is 0. The van der Waals surface area contributed by atoms with Crippen LogP contribution in [-0.4, -0.2) is 28.6 Å². The highest BCUT2D eigenvalue weighted by Gasteiger charge is 2.13. The summed E-state index contributed by atoms with van der Waals surface area (Å²) < 4.78 is 0. The summed E-state index contributed by atoms with van der Waals surface area (Å²) in [4.78, 5) is 23.7. The van der Waals surface area contributed by atoms with Crippen molar-refractivity contribution >= 4 is 29.1 Å². The molecular formula is C14H15ClN4O2. The zero-order valence-electron chi connectivity index (χ0n) is 11.7. The molecule has 0 aliphatic heterocycles. The van der Waals surface area contributed by atoms with Crippen molar-refractivity contribution in [2.45, 2.75) is 13.8 Å². The number of hydrogen-bond donors (Lipinski definition) is 3. The Balaban J connectivity index is 1.93. The molecule has 0 aliphatic rings. The van der Waals surface area contributed by atoms with E-state index in [2.05, 4.69) is 20.8 Å². The Labute approximate surface area is 126 Å². The number of benzene rings is 1. The van der Waals surface area contributed by atoms with Crippen LogP contribution < -0.4 is 10.6 Å². The van der Waals surface area contributed by atoms with Gasteiger partial charge in [-0.3, -0.25) is 14.7 Å². The average molecular weight is 307 g/mol. The van der Waals surface area contributed by atoms with Crippen LogP contribution >= 0.6 is 11.6 Å². The lowest BCUT2D eigenvalue weighted by Crippen LogP contribution is -2.33. The van der Waals surface area contributed by atoms with Crippen molar-refractivity contribution in [3.63, 3.8) is 0 Å². The molecule has 3 N–H and O–H groups in total. The molecule has 0 bridgehead atoms. The standard InChI is InChI=1S/C14H15ClN4O2/c1-8-13(9(2)19-18-8)17-12(20)7-16-14(21)10-5-3-4-6-11(10)15/h3-6H,7H2,1-2H3,(H,16,21)(H,17,20)(H,18,19). The van der Waals surface area contributed by atoms with Crippen LogP contribution in [0.1, 0.15) is 21.7 Å². The molecule has 7 heteroatoms. The third-order valence-electron chi connectivity index (χ3n) is 2.92. The highest BCUT2D eigenvalue weighted by atomic mass is 35.5. The lowest BCUT2D eigenvalue weighted by atomic mass is 10.2. The summed E-state index contributed by atoms with van der Waals surface area (Å²) >= 11 is 5.92. The van der Waals surface area contributed by atoms with Crippen molar-refractivity contribution in [1.82, 2.24) is 15.5 Å². The van der Waals surface area contributed by atoms with Gasteiger partial charge in [0.25, 0.3) is 5.91 Å². The Hall–Kier alpha value is -2.34. The number of aromatic amines is 1. The van der Waals surface area contributed by atoms with Gasteiger partial charge in [-0.2, -0.15) is 5.10 Å². The first kappa shape index (κ1) is 15.1. The lowest BCUT2D eigenvalue weighted by Gasteiger charge is -2.08. The largest absolute Gasteiger partial charge is 0.343 e. The molecule has 21 heavy (non-hydrogen) atoms. The fourth-order valence-electron chi connectivity index (χ4n) is 1.82. The summed E-state index contributed by atoms with van der Waals surface area (Å²) in [6, 6.07) is 6.66. The summed E-state index contributed by atoms with van der Waals surface area (Å²) in [5.74, 6) is -0.723. The summed E-state index contributed by atoms with van der Waals surface area (Å²) in [5, 5.41) is 12.3. The van der Waals surface area contributed by atoms with Crippen LogP contribution in [0.25, 0.3) is 0 Å². The topological polar surface area (TPSA) is 86.9 Å². The Kier molecular flexibility index (Phi) is 4.59. The monoisotopic (exact) mass is 306 g/mol. The number of halogens is 1. The summed E-state index contributed by atoms with van der Waals surface area (Å²) in [5.41, 5.74) is 2.42. The highest BCUT2D eigenvalue weighted by molar-refractivity contribution is 6.33. The van der Waals surface area contributed by atoms with Gasteiger partial charge < -0.3 is 10.6 Å². The number of nitrogens with zero attached hydrogens (tertiary/aromatic N) is 1. The molecule has 0 atom stereocenters. The number of amides is 2. The second-order valence-corrected chi connectivity index (χ2v) is 4.93. The van der Waals surface area contributed by atoms with Gasteiger partial charge in [0.15, 0.2) is 0 Å². The first-order valence-electron chi connectivity index (χ1n) is 6.33. The Morgan fingerprint density at radius 3 is 2.62 bits per heavy atom. The molecule has 0 unspecified atom stereocenters. The Morgan fingerprint density at radius 1 is 1.29 bits per heavy atom. The molecule has 0 saturated carbocycles. The van der Waals surface area contributed by atoms with Crippen LogP contribution in [0, 0.1) is 13.8 Å². The number of hydrogen-bond acceptors (Lipinski definition) is 3. The van der Waals surface area contributed by atoms with Crippen molar-refractivity contribution < 1.29 is 9.59 Å². The first-order chi connectivity index (χ1) is 9.99. The maximum atomic E-state index is 11.9. The molecule has 1 aromatic heterocycles. The van der Waals surface area contributed by atoms with Crippen LogP contribution in [-0.2, 0) is 4.79 Å². The van der Waals surface area contributed by atoms with Gasteiger partial charge in [-0.15, -0.1) is 0 Å². The predicted molar refractivity (Wildman–Crippen MR) is 80.5 cm³/mol. The van der Waals surface area contributed by atoms with Gasteiger partial charge in [-0.05, 0) is 26.0 Å². The van der Waals surface area contributed by atoms with Crippen LogP contribution in [0.5, 0.6) is 0 Å². The number of aryl methyl sites for hydroxylation is 2. The van der Waals surface area contributed by atoms with Crippen molar-refractivity contribution in [1.29, 1.82) is 0 Å². The van der Waals surface area contributed by atoms with E-state index in [0.29, 0.717) is 22.0 Å². The normalized spacial score (nSPS) is 10.2. The van der Waals surface area contributed by atoms with Crippen molar-refractivity contribution in [2.75, 3.05) is 11.9 Å². The molecule has 2 rings (SSSR count). The smallest absolute Gasteiger partial charge is 0.253 e. The minimum absolute atomic E-state index is 0.145. The van der Waals surface area contributed by atoms with Crippen LogP contribution in [0.15, 0.2) is 24.3 Å². The van der Waals surface area contributed by atoms with Crippen molar-refractivity contribution in [3.05, 3.63) is 46.2 Å². The van der Waals surface area contributed by atoms with E-state index in [1.165, 1.54) is 0 Å². The van der Waals surface area contributed by atoms with Gasteiger partial charge >= 0.3 is 0 Å². The second kappa shape index (κ2) is 6.41. The van der Waals surface area contributed by atoms with Gasteiger partial charge in [0, 0.05) is 0 Å². The van der Waals surface area contributed by atoms with E-state index in [0.717, 1.165) is 5.69 Å². The Bertz CT molecular complexity index is 662. The molecule has 6 nitrogen and oxygen atoms in total. The molecule has 2 amide bonds. The van der Waals surface area contributed by atoms with Crippen LogP contribution in [0.4, 0.5) is 5.69 Å². The van der Waals surface area contributed by atoms with Crippen LogP contribution in [0.2, 0.25) is 5.02 Å². The van der Waals surface area contributed by atoms with E-state index in [-0.39, 0.29) is 12.5 Å². The van der Waals surface area contributed by atoms with Gasteiger partial charge in [0.1, 0.15) is 0 Å². The van der Waals surface area contributed by atoms with E-state index >= 15 is 0 Å². The third-order valence-corrected chi connectivity index (χ3v) is 3.25. The quantitative estimate of drug-likeness (QED) is 0.808. The van der Waals surface area contributed by atoms with Crippen LogP contribution in [0.3, 0.4) is 0 Å². The molecule has 0 fully saturated rings. The van der Waals surface area contributed by atoms with Gasteiger partial charge in [-0.1, -0.05) is 23.7 Å². The molecule has 110 valence electrons. The summed E-state index contributed by atoms with van der Waals surface area (Å²) in [6.07, 6.45) is 0. The fourth-order valence-corrected chi connectivity index (χ4v) is 2.04. The molecular weight excluding hydrogens is 292 g/mol. The molecule has 1 heterocycles. The fraction of sp³-hybridized carbons (Fsp3) is 0.214. The number of carbonyl (C=O) groups is 2. The molecule has 0 saturated heterocycles. The minimum Gasteiger partial charge on any atom is -0.343 e. The third kappa shape index (κ3) is 3.61. The van der Waals surface area contributed by atoms with Gasteiger partial charge in [-0.25, -0.2) is 0 Å². The highest BCUT2D eigenvalue weighted by Crippen LogP contribution is 2.16. The van der Waals surface area contributed by atoms with E-state index in [1.54, 1.807) is 38.1 Å². The maximum Gasteiger partial charge on any atom is 0.253 e. The number of carbonyl (C=O) groups excluding carboxylic acids is 2. The second-order valence-electron chi connectivity index (χ2n) is 4.52. The predicted octanol–water partition coefficient (Wildman–Crippen LogP) is 2.05. The molecule has 0 aliphatic carbocycles. The SMILES string of the molecule is Cc1n[nH]c(C)c1NC(=O)CNC(=O)c1ccccc1Cl. The van der Waals surface area contributed by atoms with Crippen molar-refractivity contribution in [3.8, 4) is 0 Å². The van der Waals surface area contributed by atoms with Gasteiger partial charge in [0.2, 0.25) is 5.91 Å². The zero-order chi connectivity index (χ0) is 15.4. The number of aromatic nitrogens is 2. The molecule has 0 radical (unpaired) electrons. The molecule has 1 aromatic carbocycles.